The highest BCUT2D eigenvalue weighted by Gasteiger charge is 2.26. The van der Waals surface area contributed by atoms with E-state index in [-0.39, 0.29) is 12.4 Å². The number of carboxylic acid groups (broad SMARTS) is 1. The van der Waals surface area contributed by atoms with Crippen LogP contribution in [0.2, 0.25) is 0 Å². The summed E-state index contributed by atoms with van der Waals surface area (Å²) >= 11 is 0. The standard InChI is InChI=1S/C10H8F2O4/c1-2-16-6-4-3-5(11)7(8(6)12)9(13)10(14)15/h3-4H,2H2,1H3,(H,14,15). The average molecular weight is 230 g/mol. The molecule has 86 valence electrons. The highest BCUT2D eigenvalue weighted by atomic mass is 19.1. The molecule has 0 atom stereocenters. The molecular formula is C10H8F2O4. The van der Waals surface area contributed by atoms with Gasteiger partial charge in [-0.25, -0.2) is 13.6 Å². The van der Waals surface area contributed by atoms with Crippen molar-refractivity contribution in [2.45, 2.75) is 6.92 Å². The van der Waals surface area contributed by atoms with Gasteiger partial charge in [0.15, 0.2) is 11.6 Å². The first-order valence-electron chi connectivity index (χ1n) is 4.37. The molecule has 1 N–H and O–H groups in total. The van der Waals surface area contributed by atoms with Crippen LogP contribution in [0.5, 0.6) is 5.75 Å². The summed E-state index contributed by atoms with van der Waals surface area (Å²) < 4.78 is 31.4. The van der Waals surface area contributed by atoms with Crippen molar-refractivity contribution in [3.05, 3.63) is 29.3 Å². The van der Waals surface area contributed by atoms with E-state index in [1.807, 2.05) is 0 Å². The summed E-state index contributed by atoms with van der Waals surface area (Å²) in [5, 5.41) is 8.38. The second kappa shape index (κ2) is 4.69. The molecule has 1 aromatic carbocycles. The molecule has 0 aromatic heterocycles. The second-order valence-corrected chi connectivity index (χ2v) is 2.80. The maximum atomic E-state index is 13.5. The van der Waals surface area contributed by atoms with Crippen LogP contribution in [0.25, 0.3) is 0 Å². The highest BCUT2D eigenvalue weighted by Crippen LogP contribution is 2.23. The van der Waals surface area contributed by atoms with E-state index in [0.29, 0.717) is 0 Å². The smallest absolute Gasteiger partial charge is 0.377 e. The number of carbonyl (C=O) groups excluding carboxylic acids is 1. The molecule has 0 heterocycles. The van der Waals surface area contributed by atoms with Crippen LogP contribution < -0.4 is 4.74 Å². The number of hydrogen-bond acceptors (Lipinski definition) is 3. The summed E-state index contributed by atoms with van der Waals surface area (Å²) in [7, 11) is 0. The Bertz CT molecular complexity index is 443. The first-order valence-corrected chi connectivity index (χ1v) is 4.37. The molecule has 6 heteroatoms. The van der Waals surface area contributed by atoms with Crippen LogP contribution in [0.4, 0.5) is 8.78 Å². The van der Waals surface area contributed by atoms with Crippen LogP contribution in [0, 0.1) is 11.6 Å². The fourth-order valence-electron chi connectivity index (χ4n) is 1.12. The van der Waals surface area contributed by atoms with Gasteiger partial charge in [-0.2, -0.15) is 0 Å². The number of hydrogen-bond donors (Lipinski definition) is 1. The molecule has 1 aromatic rings. The van der Waals surface area contributed by atoms with Crippen LogP contribution in [-0.2, 0) is 4.79 Å². The minimum Gasteiger partial charge on any atom is -0.491 e. The molecule has 0 bridgehead atoms. The number of carboxylic acids is 1. The zero-order valence-corrected chi connectivity index (χ0v) is 8.29. The van der Waals surface area contributed by atoms with Gasteiger partial charge in [0, 0.05) is 0 Å². The number of halogens is 2. The third-order valence-corrected chi connectivity index (χ3v) is 1.78. The van der Waals surface area contributed by atoms with Crippen molar-refractivity contribution >= 4 is 11.8 Å². The lowest BCUT2D eigenvalue weighted by Gasteiger charge is -2.07. The van der Waals surface area contributed by atoms with Crippen molar-refractivity contribution in [2.75, 3.05) is 6.61 Å². The lowest BCUT2D eigenvalue weighted by Crippen LogP contribution is -2.17. The Morgan fingerprint density at radius 1 is 1.38 bits per heavy atom. The normalized spacial score (nSPS) is 9.94. The van der Waals surface area contributed by atoms with E-state index in [9.17, 15) is 18.4 Å². The van der Waals surface area contributed by atoms with Crippen LogP contribution in [-0.4, -0.2) is 23.5 Å². The number of ketones is 1. The molecule has 0 aliphatic heterocycles. The Morgan fingerprint density at radius 3 is 2.50 bits per heavy atom. The second-order valence-electron chi connectivity index (χ2n) is 2.80. The molecular weight excluding hydrogens is 222 g/mol. The van der Waals surface area contributed by atoms with Crippen molar-refractivity contribution < 1.29 is 28.2 Å². The first kappa shape index (κ1) is 12.1. The van der Waals surface area contributed by atoms with Crippen molar-refractivity contribution in [1.82, 2.24) is 0 Å². The van der Waals surface area contributed by atoms with Crippen LogP contribution in [0.1, 0.15) is 17.3 Å². The van der Waals surface area contributed by atoms with Gasteiger partial charge >= 0.3 is 5.97 Å². The summed E-state index contributed by atoms with van der Waals surface area (Å²) in [5.74, 6) is -6.45. The highest BCUT2D eigenvalue weighted by molar-refractivity contribution is 6.40. The topological polar surface area (TPSA) is 63.6 Å². The van der Waals surface area contributed by atoms with Gasteiger partial charge < -0.3 is 9.84 Å². The van der Waals surface area contributed by atoms with E-state index < -0.39 is 29.0 Å². The molecule has 16 heavy (non-hydrogen) atoms. The van der Waals surface area contributed by atoms with E-state index in [4.69, 9.17) is 9.84 Å². The molecule has 0 unspecified atom stereocenters. The third-order valence-electron chi connectivity index (χ3n) is 1.78. The maximum absolute atomic E-state index is 13.5. The van der Waals surface area contributed by atoms with Crippen LogP contribution in [0.15, 0.2) is 12.1 Å². The summed E-state index contributed by atoms with van der Waals surface area (Å²) in [6.45, 7) is 1.69. The monoisotopic (exact) mass is 230 g/mol. The maximum Gasteiger partial charge on any atom is 0.377 e. The largest absolute Gasteiger partial charge is 0.491 e. The lowest BCUT2D eigenvalue weighted by atomic mass is 10.1. The van der Waals surface area contributed by atoms with Gasteiger partial charge in [-0.15, -0.1) is 0 Å². The molecule has 0 spiro atoms. The number of rotatable bonds is 4. The quantitative estimate of drug-likeness (QED) is 0.630. The molecule has 0 radical (unpaired) electrons. The summed E-state index contributed by atoms with van der Waals surface area (Å²) in [6, 6.07) is 1.77. The Balaban J connectivity index is 3.31. The lowest BCUT2D eigenvalue weighted by molar-refractivity contribution is -0.131. The Kier molecular flexibility index (Phi) is 3.55. The van der Waals surface area contributed by atoms with Gasteiger partial charge in [-0.3, -0.25) is 4.79 Å². The van der Waals surface area contributed by atoms with Crippen molar-refractivity contribution in [2.24, 2.45) is 0 Å². The summed E-state index contributed by atoms with van der Waals surface area (Å²) in [5.41, 5.74) is -1.11. The fourth-order valence-corrected chi connectivity index (χ4v) is 1.12. The summed E-state index contributed by atoms with van der Waals surface area (Å²) in [6.07, 6.45) is 0. The zero-order chi connectivity index (χ0) is 12.3. The third kappa shape index (κ3) is 2.16. The van der Waals surface area contributed by atoms with Crippen LogP contribution >= 0.6 is 0 Å². The van der Waals surface area contributed by atoms with Gasteiger partial charge in [0.25, 0.3) is 5.78 Å². The van der Waals surface area contributed by atoms with Gasteiger partial charge in [0.05, 0.1) is 6.61 Å². The molecule has 0 saturated heterocycles. The number of aliphatic carboxylic acids is 1. The number of Topliss-reactive ketones (excluding diaryl/α,β-unsaturated/α-hetero) is 1. The summed E-state index contributed by atoms with van der Waals surface area (Å²) in [4.78, 5) is 21.4. The van der Waals surface area contributed by atoms with E-state index in [1.165, 1.54) is 0 Å². The average Bonchev–Trinajstić information content (AvgIpc) is 2.22. The zero-order valence-electron chi connectivity index (χ0n) is 8.29. The Morgan fingerprint density at radius 2 is 2.00 bits per heavy atom. The first-order chi connectivity index (χ1) is 7.49. The number of ether oxygens (including phenoxy) is 1. The van der Waals surface area contributed by atoms with E-state index in [2.05, 4.69) is 0 Å². The Labute approximate surface area is 89.5 Å². The van der Waals surface area contributed by atoms with Crippen molar-refractivity contribution in [1.29, 1.82) is 0 Å². The fraction of sp³-hybridized carbons (Fsp3) is 0.200. The van der Waals surface area contributed by atoms with Gasteiger partial charge in [0.1, 0.15) is 11.4 Å². The van der Waals surface area contributed by atoms with Crippen molar-refractivity contribution in [3.63, 3.8) is 0 Å². The predicted octanol–water partition coefficient (Wildman–Crippen LogP) is 1.63. The molecule has 4 nitrogen and oxygen atoms in total. The number of carbonyl (C=O) groups is 2. The van der Waals surface area contributed by atoms with E-state index >= 15 is 0 Å². The molecule has 0 aliphatic rings. The van der Waals surface area contributed by atoms with Gasteiger partial charge in [0.2, 0.25) is 0 Å². The molecule has 0 saturated carbocycles. The minimum atomic E-state index is -1.92. The van der Waals surface area contributed by atoms with Gasteiger partial charge in [-0.1, -0.05) is 0 Å². The van der Waals surface area contributed by atoms with Crippen molar-refractivity contribution in [3.8, 4) is 5.75 Å². The predicted molar refractivity (Wildman–Crippen MR) is 49.5 cm³/mol. The molecule has 0 aliphatic carbocycles. The van der Waals surface area contributed by atoms with E-state index in [1.54, 1.807) is 6.92 Å². The SMILES string of the molecule is CCOc1ccc(F)c(C(=O)C(=O)O)c1F. The van der Waals surface area contributed by atoms with E-state index in [0.717, 1.165) is 12.1 Å². The molecule has 1 rings (SSSR count). The minimum absolute atomic E-state index is 0.114. The van der Waals surface area contributed by atoms with Crippen LogP contribution in [0.3, 0.4) is 0 Å². The number of benzene rings is 1. The molecule has 0 amide bonds. The Hall–Kier alpha value is -1.98. The van der Waals surface area contributed by atoms with Gasteiger partial charge in [-0.05, 0) is 19.1 Å². The molecule has 0 fully saturated rings.